The number of hydrogen-bond donors (Lipinski definition) is 0. The lowest BCUT2D eigenvalue weighted by Gasteiger charge is -2.42. The van der Waals surface area contributed by atoms with Crippen LogP contribution in [0, 0.1) is 0 Å². The number of nitrogens with zero attached hydrogens (tertiary/aromatic N) is 4. The minimum Gasteiger partial charge on any atom is -0.304 e. The molecule has 2 saturated heterocycles. The maximum atomic E-state index is 2.76. The SMILES string of the molecule is CN1CCN([SiH](I)N2CCN(C)CC2)CC1. The monoisotopic (exact) mass is 354 g/mol. The molecule has 0 aromatic heterocycles. The molecule has 0 aromatic rings. The van der Waals surface area contributed by atoms with Gasteiger partial charge >= 0.3 is 0 Å². The van der Waals surface area contributed by atoms with Crippen molar-refractivity contribution in [3.63, 3.8) is 0 Å². The maximum absolute atomic E-state index is 2.76. The standard InChI is InChI=1S/C10H23IN4Si/c1-12-3-7-14(8-4-12)16(11)15-9-5-13(2)6-10-15/h16H,3-10H2,1-2H3. The van der Waals surface area contributed by atoms with Crippen molar-refractivity contribution < 1.29 is 0 Å². The summed E-state index contributed by atoms with van der Waals surface area (Å²) in [6, 6.07) is 0. The van der Waals surface area contributed by atoms with E-state index in [1.807, 2.05) is 0 Å². The minimum atomic E-state index is -0.836. The Kier molecular flexibility index (Phi) is 5.04. The summed E-state index contributed by atoms with van der Waals surface area (Å²) in [5.74, 6) is 0. The van der Waals surface area contributed by atoms with Crippen LogP contribution in [0.3, 0.4) is 0 Å². The third-order valence-electron chi connectivity index (χ3n) is 3.68. The van der Waals surface area contributed by atoms with Crippen molar-refractivity contribution in [2.45, 2.75) is 0 Å². The zero-order valence-corrected chi connectivity index (χ0v) is 13.7. The number of piperazine rings is 2. The topological polar surface area (TPSA) is 13.0 Å². The first-order chi connectivity index (χ1) is 7.66. The van der Waals surface area contributed by atoms with Gasteiger partial charge in [-0.25, -0.2) is 0 Å². The van der Waals surface area contributed by atoms with Crippen LogP contribution in [-0.4, -0.2) is 92.0 Å². The van der Waals surface area contributed by atoms with Crippen LogP contribution in [-0.2, 0) is 0 Å². The minimum absolute atomic E-state index is 0.836. The fourth-order valence-corrected chi connectivity index (χ4v) is 7.42. The molecule has 0 bridgehead atoms. The first-order valence-corrected chi connectivity index (χ1v) is 11.4. The molecule has 0 N–H and O–H groups in total. The molecular formula is C10H23IN4Si. The second kappa shape index (κ2) is 6.10. The van der Waals surface area contributed by atoms with Crippen molar-refractivity contribution in [2.24, 2.45) is 0 Å². The summed E-state index contributed by atoms with van der Waals surface area (Å²) < 4.78 is 5.51. The predicted molar refractivity (Wildman–Crippen MR) is 79.3 cm³/mol. The zero-order chi connectivity index (χ0) is 11.5. The second-order valence-electron chi connectivity index (χ2n) is 4.99. The van der Waals surface area contributed by atoms with E-state index in [0.717, 1.165) is 0 Å². The molecule has 0 atom stereocenters. The van der Waals surface area contributed by atoms with E-state index in [1.165, 1.54) is 52.4 Å². The highest BCUT2D eigenvalue weighted by Crippen LogP contribution is 2.14. The number of rotatable bonds is 2. The Morgan fingerprint density at radius 1 is 0.688 bits per heavy atom. The summed E-state index contributed by atoms with van der Waals surface area (Å²) in [6.07, 6.45) is 0. The van der Waals surface area contributed by atoms with E-state index < -0.39 is 6.62 Å². The fraction of sp³-hybridized carbons (Fsp3) is 1.00. The highest BCUT2D eigenvalue weighted by molar-refractivity contribution is 14.1. The summed E-state index contributed by atoms with van der Waals surface area (Å²) in [4.78, 5) is 4.89. The van der Waals surface area contributed by atoms with Gasteiger partial charge in [-0.3, -0.25) is 0 Å². The molecule has 2 aliphatic heterocycles. The molecule has 2 aliphatic rings. The molecule has 2 heterocycles. The van der Waals surface area contributed by atoms with Gasteiger partial charge in [0.15, 0.2) is 0 Å². The van der Waals surface area contributed by atoms with Crippen LogP contribution in [0.4, 0.5) is 0 Å². The lowest BCUT2D eigenvalue weighted by Crippen LogP contribution is -2.59. The van der Waals surface area contributed by atoms with E-state index in [-0.39, 0.29) is 0 Å². The van der Waals surface area contributed by atoms with E-state index in [0.29, 0.717) is 0 Å². The Bertz CT molecular complexity index is 193. The lowest BCUT2D eigenvalue weighted by molar-refractivity contribution is 0.187. The normalized spacial score (nSPS) is 27.8. The number of hydrogen-bond acceptors (Lipinski definition) is 4. The molecule has 6 heteroatoms. The van der Waals surface area contributed by atoms with Gasteiger partial charge in [-0.1, -0.05) is 21.8 Å². The molecular weight excluding hydrogens is 331 g/mol. The van der Waals surface area contributed by atoms with Crippen LogP contribution >= 0.6 is 21.8 Å². The second-order valence-corrected chi connectivity index (χ2v) is 10.4. The van der Waals surface area contributed by atoms with Gasteiger partial charge in [0.2, 0.25) is 0 Å². The molecule has 4 nitrogen and oxygen atoms in total. The van der Waals surface area contributed by atoms with Crippen molar-refractivity contribution >= 4 is 28.4 Å². The van der Waals surface area contributed by atoms with Crippen molar-refractivity contribution in [3.05, 3.63) is 0 Å². The van der Waals surface area contributed by atoms with Crippen molar-refractivity contribution in [3.8, 4) is 0 Å². The smallest absolute Gasteiger partial charge is 0.259 e. The summed E-state index contributed by atoms with van der Waals surface area (Å²) in [6.45, 7) is 9.29. The van der Waals surface area contributed by atoms with Crippen LogP contribution in [0.25, 0.3) is 0 Å². The summed E-state index contributed by atoms with van der Waals surface area (Å²) in [5, 5.41) is 0. The van der Waals surface area contributed by atoms with Gasteiger partial charge in [0, 0.05) is 52.4 Å². The molecule has 0 unspecified atom stereocenters. The average Bonchev–Trinajstić information content (AvgIpc) is 2.30. The Balaban J connectivity index is 1.80. The van der Waals surface area contributed by atoms with Gasteiger partial charge in [-0.15, -0.1) is 0 Å². The highest BCUT2D eigenvalue weighted by Gasteiger charge is 2.28. The van der Waals surface area contributed by atoms with Crippen LogP contribution in [0.5, 0.6) is 0 Å². The molecule has 0 aromatic carbocycles. The van der Waals surface area contributed by atoms with E-state index in [4.69, 9.17) is 0 Å². The summed E-state index contributed by atoms with van der Waals surface area (Å²) in [5.41, 5.74) is 0. The Morgan fingerprint density at radius 2 is 1.00 bits per heavy atom. The Morgan fingerprint density at radius 3 is 1.31 bits per heavy atom. The van der Waals surface area contributed by atoms with E-state index in [1.54, 1.807) is 0 Å². The molecule has 0 amide bonds. The maximum Gasteiger partial charge on any atom is 0.259 e. The number of halogens is 1. The van der Waals surface area contributed by atoms with E-state index in [9.17, 15) is 0 Å². The molecule has 0 spiro atoms. The molecule has 0 aliphatic carbocycles. The molecule has 16 heavy (non-hydrogen) atoms. The zero-order valence-electron chi connectivity index (χ0n) is 10.4. The fourth-order valence-electron chi connectivity index (χ4n) is 2.30. The van der Waals surface area contributed by atoms with Crippen molar-refractivity contribution in [1.82, 2.24) is 18.9 Å². The quantitative estimate of drug-likeness (QED) is 0.381. The molecule has 94 valence electrons. The van der Waals surface area contributed by atoms with E-state index in [2.05, 4.69) is 54.8 Å². The first-order valence-electron chi connectivity index (χ1n) is 6.16. The summed E-state index contributed by atoms with van der Waals surface area (Å²) in [7, 11) is 4.47. The van der Waals surface area contributed by atoms with Gasteiger partial charge < -0.3 is 18.9 Å². The van der Waals surface area contributed by atoms with Gasteiger partial charge in [0.05, 0.1) is 0 Å². The van der Waals surface area contributed by atoms with Crippen LogP contribution in [0.15, 0.2) is 0 Å². The van der Waals surface area contributed by atoms with Crippen LogP contribution < -0.4 is 0 Å². The first kappa shape index (κ1) is 13.2. The van der Waals surface area contributed by atoms with E-state index >= 15 is 0 Å². The van der Waals surface area contributed by atoms with Gasteiger partial charge in [0.1, 0.15) is 0 Å². The van der Waals surface area contributed by atoms with Crippen molar-refractivity contribution in [1.29, 1.82) is 0 Å². The number of likely N-dealkylation sites (N-methyl/N-ethyl adjacent to an activating group) is 2. The van der Waals surface area contributed by atoms with Gasteiger partial charge in [-0.2, -0.15) is 0 Å². The predicted octanol–water partition coefficient (Wildman–Crippen LogP) is -0.367. The highest BCUT2D eigenvalue weighted by atomic mass is 127. The third kappa shape index (κ3) is 3.39. The molecule has 0 saturated carbocycles. The van der Waals surface area contributed by atoms with Gasteiger partial charge in [-0.05, 0) is 14.1 Å². The van der Waals surface area contributed by atoms with Crippen molar-refractivity contribution in [2.75, 3.05) is 66.5 Å². The molecule has 0 radical (unpaired) electrons. The van der Waals surface area contributed by atoms with Crippen LogP contribution in [0.1, 0.15) is 0 Å². The van der Waals surface area contributed by atoms with Gasteiger partial charge in [0.25, 0.3) is 6.62 Å². The van der Waals surface area contributed by atoms with Crippen LogP contribution in [0.2, 0.25) is 0 Å². The lowest BCUT2D eigenvalue weighted by atomic mass is 10.4. The third-order valence-corrected chi connectivity index (χ3v) is 10.6. The largest absolute Gasteiger partial charge is 0.304 e. The Labute approximate surface area is 114 Å². The molecule has 2 fully saturated rings. The Hall–Kier alpha value is 0.787. The summed E-state index contributed by atoms with van der Waals surface area (Å²) >= 11 is 2.75. The molecule has 2 rings (SSSR count). The average molecular weight is 354 g/mol.